The Balaban J connectivity index is 2.22. The second kappa shape index (κ2) is 5.91. The zero-order valence-corrected chi connectivity index (χ0v) is 7.90. The van der Waals surface area contributed by atoms with Crippen LogP contribution >= 0.6 is 0 Å². The van der Waals surface area contributed by atoms with Crippen molar-refractivity contribution in [1.82, 2.24) is 5.32 Å². The largest absolute Gasteiger partial charge is 0.355 e. The molecule has 0 unspecified atom stereocenters. The van der Waals surface area contributed by atoms with Gasteiger partial charge in [-0.1, -0.05) is 30.3 Å². The van der Waals surface area contributed by atoms with Crippen LogP contribution < -0.4 is 5.32 Å². The summed E-state index contributed by atoms with van der Waals surface area (Å²) in [6.07, 6.45) is 1.36. The number of hydrogen-bond donors (Lipinski definition) is 1. The molecule has 0 aliphatic rings. The van der Waals surface area contributed by atoms with Gasteiger partial charge in [-0.15, -0.1) is 0 Å². The Morgan fingerprint density at radius 1 is 1.29 bits per heavy atom. The monoisotopic (exact) mass is 191 g/mol. The van der Waals surface area contributed by atoms with Gasteiger partial charge in [-0.3, -0.25) is 4.79 Å². The lowest BCUT2D eigenvalue weighted by Crippen LogP contribution is -2.25. The fraction of sp³-hybridized carbons (Fsp3) is 0.273. The van der Waals surface area contributed by atoms with Crippen molar-refractivity contribution in [1.29, 1.82) is 0 Å². The minimum atomic E-state index is -0.212. The molecule has 0 heterocycles. The van der Waals surface area contributed by atoms with Gasteiger partial charge in [0.15, 0.2) is 0 Å². The molecule has 1 N–H and O–H groups in total. The van der Waals surface area contributed by atoms with Crippen molar-refractivity contribution >= 4 is 12.2 Å². The average molecular weight is 191 g/mol. The molecule has 1 rings (SSSR count). The van der Waals surface area contributed by atoms with E-state index in [0.717, 1.165) is 6.42 Å². The zero-order chi connectivity index (χ0) is 10.2. The molecule has 3 nitrogen and oxygen atoms in total. The normalized spacial score (nSPS) is 9.43. The highest BCUT2D eigenvalue weighted by Crippen LogP contribution is 1.97. The lowest BCUT2D eigenvalue weighted by molar-refractivity contribution is -0.123. The molecule has 0 atom stereocenters. The van der Waals surface area contributed by atoms with Crippen LogP contribution in [0.4, 0.5) is 0 Å². The minimum Gasteiger partial charge on any atom is -0.355 e. The molecule has 1 aromatic rings. The highest BCUT2D eigenvalue weighted by atomic mass is 16.2. The van der Waals surface area contributed by atoms with Crippen LogP contribution in [-0.2, 0) is 16.0 Å². The van der Waals surface area contributed by atoms with E-state index < -0.39 is 0 Å². The number of carbonyl (C=O) groups is 2. The third kappa shape index (κ3) is 3.85. The Morgan fingerprint density at radius 2 is 2.00 bits per heavy atom. The Bertz CT molecular complexity index is 295. The van der Waals surface area contributed by atoms with Crippen LogP contribution in [0, 0.1) is 0 Å². The predicted octanol–water partition coefficient (Wildman–Crippen LogP) is 0.934. The van der Waals surface area contributed by atoms with Crippen LogP contribution in [0.25, 0.3) is 0 Å². The fourth-order valence-electron chi connectivity index (χ4n) is 1.14. The maximum atomic E-state index is 10.9. The van der Waals surface area contributed by atoms with Crippen LogP contribution in [0.5, 0.6) is 0 Å². The molecule has 0 saturated heterocycles. The summed E-state index contributed by atoms with van der Waals surface area (Å²) in [6.45, 7) is 0.580. The quantitative estimate of drug-likeness (QED) is 0.556. The zero-order valence-electron chi connectivity index (χ0n) is 7.90. The predicted molar refractivity (Wildman–Crippen MR) is 53.8 cm³/mol. The number of amides is 1. The van der Waals surface area contributed by atoms with E-state index in [1.165, 1.54) is 5.56 Å². The van der Waals surface area contributed by atoms with Gasteiger partial charge in [0.1, 0.15) is 6.29 Å². The topological polar surface area (TPSA) is 46.2 Å². The Hall–Kier alpha value is -1.64. The molecule has 0 spiro atoms. The van der Waals surface area contributed by atoms with Gasteiger partial charge in [0.2, 0.25) is 5.91 Å². The Morgan fingerprint density at radius 3 is 2.64 bits per heavy atom. The number of rotatable bonds is 5. The summed E-state index contributed by atoms with van der Waals surface area (Å²) >= 11 is 0. The molecule has 0 aliphatic heterocycles. The van der Waals surface area contributed by atoms with Crippen molar-refractivity contribution in [2.24, 2.45) is 0 Å². The minimum absolute atomic E-state index is 0.0468. The van der Waals surface area contributed by atoms with Gasteiger partial charge in [-0.05, 0) is 12.0 Å². The number of nitrogens with one attached hydrogen (secondary N) is 1. The summed E-state index contributed by atoms with van der Waals surface area (Å²) in [5.74, 6) is -0.212. The van der Waals surface area contributed by atoms with E-state index in [4.69, 9.17) is 0 Å². The van der Waals surface area contributed by atoms with E-state index in [0.29, 0.717) is 12.8 Å². The van der Waals surface area contributed by atoms with Crippen molar-refractivity contribution in [2.75, 3.05) is 6.54 Å². The summed E-state index contributed by atoms with van der Waals surface area (Å²) < 4.78 is 0. The van der Waals surface area contributed by atoms with Gasteiger partial charge in [0.05, 0.1) is 6.42 Å². The Kier molecular flexibility index (Phi) is 4.41. The van der Waals surface area contributed by atoms with Gasteiger partial charge in [-0.25, -0.2) is 0 Å². The maximum Gasteiger partial charge on any atom is 0.227 e. The average Bonchev–Trinajstić information content (AvgIpc) is 2.20. The molecule has 0 bridgehead atoms. The molecule has 1 aromatic carbocycles. The molecule has 74 valence electrons. The molecular formula is C11H13NO2. The van der Waals surface area contributed by atoms with E-state index in [2.05, 4.69) is 5.32 Å². The van der Waals surface area contributed by atoms with Crippen molar-refractivity contribution in [2.45, 2.75) is 12.8 Å². The fourth-order valence-corrected chi connectivity index (χ4v) is 1.14. The van der Waals surface area contributed by atoms with Crippen molar-refractivity contribution in [3.05, 3.63) is 35.9 Å². The van der Waals surface area contributed by atoms with E-state index in [-0.39, 0.29) is 12.3 Å². The third-order valence-corrected chi connectivity index (χ3v) is 1.85. The summed E-state index contributed by atoms with van der Waals surface area (Å²) in [6, 6.07) is 9.89. The highest BCUT2D eigenvalue weighted by Gasteiger charge is 1.98. The molecular weight excluding hydrogens is 178 g/mol. The van der Waals surface area contributed by atoms with Gasteiger partial charge in [0, 0.05) is 6.54 Å². The van der Waals surface area contributed by atoms with Crippen molar-refractivity contribution in [3.63, 3.8) is 0 Å². The van der Waals surface area contributed by atoms with Crippen LogP contribution in [0.3, 0.4) is 0 Å². The van der Waals surface area contributed by atoms with E-state index in [9.17, 15) is 9.59 Å². The molecule has 0 saturated carbocycles. The molecule has 0 radical (unpaired) electrons. The molecule has 3 heteroatoms. The summed E-state index contributed by atoms with van der Waals surface area (Å²) in [4.78, 5) is 20.9. The first-order valence-electron chi connectivity index (χ1n) is 4.57. The molecule has 1 amide bonds. The van der Waals surface area contributed by atoms with E-state index >= 15 is 0 Å². The standard InChI is InChI=1S/C11H13NO2/c13-9-7-11(14)12-8-6-10-4-2-1-3-5-10/h1-5,9H,6-8H2,(H,12,14). The van der Waals surface area contributed by atoms with Crippen molar-refractivity contribution in [3.8, 4) is 0 Å². The van der Waals surface area contributed by atoms with Gasteiger partial charge < -0.3 is 10.1 Å². The SMILES string of the molecule is O=CCC(=O)NCCc1ccccc1. The van der Waals surface area contributed by atoms with Gasteiger partial charge in [-0.2, -0.15) is 0 Å². The summed E-state index contributed by atoms with van der Waals surface area (Å²) in [5.41, 5.74) is 1.18. The van der Waals surface area contributed by atoms with Crippen molar-refractivity contribution < 1.29 is 9.59 Å². The first-order chi connectivity index (χ1) is 6.83. The lowest BCUT2D eigenvalue weighted by Gasteiger charge is -2.02. The second-order valence-electron chi connectivity index (χ2n) is 2.96. The molecule has 14 heavy (non-hydrogen) atoms. The van der Waals surface area contributed by atoms with Crippen LogP contribution in [0.2, 0.25) is 0 Å². The maximum absolute atomic E-state index is 10.9. The van der Waals surface area contributed by atoms with Gasteiger partial charge in [0.25, 0.3) is 0 Å². The van der Waals surface area contributed by atoms with E-state index in [1.807, 2.05) is 30.3 Å². The molecule has 0 aliphatic carbocycles. The van der Waals surface area contributed by atoms with Crippen LogP contribution in [-0.4, -0.2) is 18.7 Å². The lowest BCUT2D eigenvalue weighted by atomic mass is 10.1. The first kappa shape index (κ1) is 10.4. The first-order valence-corrected chi connectivity index (χ1v) is 4.57. The van der Waals surface area contributed by atoms with Crippen LogP contribution in [0.15, 0.2) is 30.3 Å². The van der Waals surface area contributed by atoms with Gasteiger partial charge >= 0.3 is 0 Å². The number of aldehydes is 1. The Labute approximate surface area is 83.1 Å². The third-order valence-electron chi connectivity index (χ3n) is 1.85. The number of hydrogen-bond acceptors (Lipinski definition) is 2. The highest BCUT2D eigenvalue weighted by molar-refractivity contribution is 5.87. The second-order valence-corrected chi connectivity index (χ2v) is 2.96. The number of carbonyl (C=O) groups excluding carboxylic acids is 2. The molecule has 0 fully saturated rings. The van der Waals surface area contributed by atoms with Crippen LogP contribution in [0.1, 0.15) is 12.0 Å². The molecule has 0 aromatic heterocycles. The number of benzene rings is 1. The van der Waals surface area contributed by atoms with E-state index in [1.54, 1.807) is 0 Å². The summed E-state index contributed by atoms with van der Waals surface area (Å²) in [5, 5.41) is 2.66. The summed E-state index contributed by atoms with van der Waals surface area (Å²) in [7, 11) is 0. The smallest absolute Gasteiger partial charge is 0.227 e.